The number of hydrogen-bond donors (Lipinski definition) is 0. The third kappa shape index (κ3) is 1.23. The highest BCUT2D eigenvalue weighted by Crippen LogP contribution is 2.22. The van der Waals surface area contributed by atoms with Gasteiger partial charge in [0.25, 0.3) is 0 Å². The molecule has 0 amide bonds. The summed E-state index contributed by atoms with van der Waals surface area (Å²) in [6, 6.07) is 0. The van der Waals surface area contributed by atoms with E-state index in [1.54, 1.807) is 0 Å². The molecule has 2 unspecified atom stereocenters. The van der Waals surface area contributed by atoms with Crippen molar-refractivity contribution >= 4 is 15.9 Å². The van der Waals surface area contributed by atoms with Crippen LogP contribution in [0.3, 0.4) is 0 Å². The van der Waals surface area contributed by atoms with Gasteiger partial charge in [-0.15, -0.1) is 0 Å². The maximum atomic E-state index is 5.24. The van der Waals surface area contributed by atoms with Crippen LogP contribution in [0.2, 0.25) is 0 Å². The molecule has 1 fully saturated rings. The zero-order valence-electron chi connectivity index (χ0n) is 5.06. The van der Waals surface area contributed by atoms with Gasteiger partial charge in [0, 0.05) is 11.4 Å². The smallest absolute Gasteiger partial charge is 0.0721 e. The lowest BCUT2D eigenvalue weighted by atomic mass is 10.1. The van der Waals surface area contributed by atoms with E-state index in [1.165, 1.54) is 12.8 Å². The minimum Gasteiger partial charge on any atom is -0.377 e. The molecule has 1 aliphatic heterocycles. The molecule has 0 aromatic rings. The highest BCUT2D eigenvalue weighted by molar-refractivity contribution is 9.09. The first-order valence-corrected chi connectivity index (χ1v) is 4.02. The standard InChI is InChI=1S/C6H11BrO/c1-2-5(7)6-3-4-8-6/h5-6H,2-4H2,1H3. The van der Waals surface area contributed by atoms with Crippen LogP contribution < -0.4 is 0 Å². The summed E-state index contributed by atoms with van der Waals surface area (Å²) < 4.78 is 5.24. The van der Waals surface area contributed by atoms with Gasteiger partial charge in [0.15, 0.2) is 0 Å². The molecule has 0 aromatic carbocycles. The van der Waals surface area contributed by atoms with Gasteiger partial charge in [-0.2, -0.15) is 0 Å². The Morgan fingerprint density at radius 2 is 2.50 bits per heavy atom. The molecular weight excluding hydrogens is 168 g/mol. The molecular formula is C6H11BrO. The number of halogens is 1. The molecule has 1 nitrogen and oxygen atoms in total. The molecule has 1 rings (SSSR count). The highest BCUT2D eigenvalue weighted by Gasteiger charge is 2.24. The van der Waals surface area contributed by atoms with Gasteiger partial charge in [0.2, 0.25) is 0 Å². The molecule has 1 heterocycles. The molecule has 8 heavy (non-hydrogen) atoms. The number of ether oxygens (including phenoxy) is 1. The van der Waals surface area contributed by atoms with Crippen LogP contribution in [-0.4, -0.2) is 17.5 Å². The van der Waals surface area contributed by atoms with Crippen LogP contribution in [0.5, 0.6) is 0 Å². The summed E-state index contributed by atoms with van der Waals surface area (Å²) in [4.78, 5) is 0.594. The summed E-state index contributed by atoms with van der Waals surface area (Å²) in [5.41, 5.74) is 0. The Kier molecular flexibility index (Phi) is 2.32. The zero-order chi connectivity index (χ0) is 5.98. The molecule has 0 radical (unpaired) electrons. The predicted octanol–water partition coefficient (Wildman–Crippen LogP) is 1.95. The van der Waals surface area contributed by atoms with Gasteiger partial charge >= 0.3 is 0 Å². The minimum absolute atomic E-state index is 0.514. The zero-order valence-corrected chi connectivity index (χ0v) is 6.65. The lowest BCUT2D eigenvalue weighted by Crippen LogP contribution is -2.34. The monoisotopic (exact) mass is 178 g/mol. The van der Waals surface area contributed by atoms with Crippen molar-refractivity contribution in [2.75, 3.05) is 6.61 Å². The summed E-state index contributed by atoms with van der Waals surface area (Å²) in [6.07, 6.45) is 2.93. The van der Waals surface area contributed by atoms with Gasteiger partial charge in [0.05, 0.1) is 6.10 Å². The Morgan fingerprint density at radius 3 is 2.62 bits per heavy atom. The predicted molar refractivity (Wildman–Crippen MR) is 37.4 cm³/mol. The maximum Gasteiger partial charge on any atom is 0.0721 e. The average molecular weight is 179 g/mol. The van der Waals surface area contributed by atoms with Crippen LogP contribution in [0.4, 0.5) is 0 Å². The van der Waals surface area contributed by atoms with Crippen molar-refractivity contribution in [3.63, 3.8) is 0 Å². The Morgan fingerprint density at radius 1 is 1.88 bits per heavy atom. The second-order valence-electron chi connectivity index (χ2n) is 2.12. The fraction of sp³-hybridized carbons (Fsp3) is 1.00. The van der Waals surface area contributed by atoms with E-state index in [1.807, 2.05) is 0 Å². The first-order valence-electron chi connectivity index (χ1n) is 3.10. The van der Waals surface area contributed by atoms with E-state index in [9.17, 15) is 0 Å². The molecule has 48 valence electrons. The van der Waals surface area contributed by atoms with E-state index < -0.39 is 0 Å². The van der Waals surface area contributed by atoms with Gasteiger partial charge in [-0.25, -0.2) is 0 Å². The number of rotatable bonds is 2. The quantitative estimate of drug-likeness (QED) is 0.588. The Bertz CT molecular complexity index is 68.2. The van der Waals surface area contributed by atoms with Crippen LogP contribution in [0.15, 0.2) is 0 Å². The van der Waals surface area contributed by atoms with E-state index in [-0.39, 0.29) is 0 Å². The molecule has 0 N–H and O–H groups in total. The number of hydrogen-bond acceptors (Lipinski definition) is 1. The van der Waals surface area contributed by atoms with Crippen molar-refractivity contribution < 1.29 is 4.74 Å². The fourth-order valence-corrected chi connectivity index (χ4v) is 1.22. The van der Waals surface area contributed by atoms with Crippen molar-refractivity contribution in [1.29, 1.82) is 0 Å². The SMILES string of the molecule is CCC(Br)C1CCO1. The van der Waals surface area contributed by atoms with Crippen molar-refractivity contribution in [3.05, 3.63) is 0 Å². The summed E-state index contributed by atoms with van der Waals surface area (Å²) in [6.45, 7) is 3.13. The van der Waals surface area contributed by atoms with Gasteiger partial charge < -0.3 is 4.74 Å². The van der Waals surface area contributed by atoms with Crippen molar-refractivity contribution in [2.24, 2.45) is 0 Å². The lowest BCUT2D eigenvalue weighted by Gasteiger charge is -2.29. The lowest BCUT2D eigenvalue weighted by molar-refractivity contribution is -0.0496. The van der Waals surface area contributed by atoms with Crippen LogP contribution in [0, 0.1) is 0 Å². The molecule has 0 spiro atoms. The normalized spacial score (nSPS) is 31.5. The molecule has 0 aromatic heterocycles. The van der Waals surface area contributed by atoms with E-state index in [4.69, 9.17) is 4.74 Å². The van der Waals surface area contributed by atoms with E-state index >= 15 is 0 Å². The first kappa shape index (κ1) is 6.56. The minimum atomic E-state index is 0.514. The van der Waals surface area contributed by atoms with Crippen LogP contribution >= 0.6 is 15.9 Å². The van der Waals surface area contributed by atoms with Crippen molar-refractivity contribution in [2.45, 2.75) is 30.7 Å². The van der Waals surface area contributed by atoms with Gasteiger partial charge in [-0.05, 0) is 12.8 Å². The van der Waals surface area contributed by atoms with Gasteiger partial charge in [-0.3, -0.25) is 0 Å². The summed E-state index contributed by atoms with van der Waals surface area (Å²) in [7, 11) is 0. The third-order valence-electron chi connectivity index (χ3n) is 1.53. The molecule has 0 saturated carbocycles. The van der Waals surface area contributed by atoms with E-state index in [0.717, 1.165) is 6.61 Å². The van der Waals surface area contributed by atoms with Gasteiger partial charge in [0.1, 0.15) is 0 Å². The second-order valence-corrected chi connectivity index (χ2v) is 3.30. The van der Waals surface area contributed by atoms with Crippen molar-refractivity contribution in [1.82, 2.24) is 0 Å². The molecule has 1 aliphatic rings. The Labute approximate surface area is 58.5 Å². The fourth-order valence-electron chi connectivity index (χ4n) is 0.802. The summed E-state index contributed by atoms with van der Waals surface area (Å²) >= 11 is 3.53. The van der Waals surface area contributed by atoms with Gasteiger partial charge in [-0.1, -0.05) is 22.9 Å². The molecule has 2 heteroatoms. The Balaban J connectivity index is 2.13. The van der Waals surface area contributed by atoms with E-state index in [0.29, 0.717) is 10.9 Å². The average Bonchev–Trinajstić information content (AvgIpc) is 1.62. The number of alkyl halides is 1. The Hall–Kier alpha value is 0.440. The molecule has 0 aliphatic carbocycles. The second kappa shape index (κ2) is 2.83. The molecule has 2 atom stereocenters. The van der Waals surface area contributed by atoms with E-state index in [2.05, 4.69) is 22.9 Å². The van der Waals surface area contributed by atoms with Crippen LogP contribution in [-0.2, 0) is 4.74 Å². The summed E-state index contributed by atoms with van der Waals surface area (Å²) in [5.74, 6) is 0. The van der Waals surface area contributed by atoms with Crippen LogP contribution in [0.1, 0.15) is 19.8 Å². The largest absolute Gasteiger partial charge is 0.377 e. The topological polar surface area (TPSA) is 9.23 Å². The van der Waals surface area contributed by atoms with Crippen molar-refractivity contribution in [3.8, 4) is 0 Å². The first-order chi connectivity index (χ1) is 3.84. The molecule has 1 saturated heterocycles. The maximum absolute atomic E-state index is 5.24. The van der Waals surface area contributed by atoms with Crippen LogP contribution in [0.25, 0.3) is 0 Å². The summed E-state index contributed by atoms with van der Waals surface area (Å²) in [5, 5.41) is 0. The highest BCUT2D eigenvalue weighted by atomic mass is 79.9. The molecule has 0 bridgehead atoms. The third-order valence-corrected chi connectivity index (χ3v) is 2.76.